The molecule has 0 aliphatic carbocycles. The monoisotopic (exact) mass is 579 g/mol. The predicted octanol–water partition coefficient (Wildman–Crippen LogP) is 3.57. The molecule has 3 aromatic rings. The van der Waals surface area contributed by atoms with E-state index in [0.717, 1.165) is 10.6 Å². The number of ether oxygens (including phenoxy) is 2. The van der Waals surface area contributed by atoms with E-state index >= 15 is 0 Å². The molecule has 5 rings (SSSR count). The molecule has 0 unspecified atom stereocenters. The van der Waals surface area contributed by atoms with E-state index in [-0.39, 0.29) is 24.4 Å². The van der Waals surface area contributed by atoms with Crippen LogP contribution in [0.15, 0.2) is 41.4 Å². The Bertz CT molecular complexity index is 1480. The Hall–Kier alpha value is -3.97. The minimum atomic E-state index is -0.745. The van der Waals surface area contributed by atoms with Gasteiger partial charge in [0.1, 0.15) is 23.0 Å². The lowest BCUT2D eigenvalue weighted by Gasteiger charge is -2.39. The molecule has 216 valence electrons. The number of pyridine rings is 3. The highest BCUT2D eigenvalue weighted by Gasteiger charge is 2.38. The number of fused-ring (bicyclic) bond motifs is 2. The fourth-order valence-corrected chi connectivity index (χ4v) is 5.48. The third-order valence-electron chi connectivity index (χ3n) is 6.64. The van der Waals surface area contributed by atoms with Gasteiger partial charge in [-0.25, -0.2) is 14.8 Å². The second kappa shape index (κ2) is 11.9. The van der Waals surface area contributed by atoms with Crippen molar-refractivity contribution in [2.45, 2.75) is 62.7 Å². The summed E-state index contributed by atoms with van der Waals surface area (Å²) in [4.78, 5) is 54.4. The van der Waals surface area contributed by atoms with Crippen LogP contribution < -0.4 is 20.7 Å². The molecule has 3 amide bonds. The summed E-state index contributed by atoms with van der Waals surface area (Å²) in [6, 6.07) is 8.17. The van der Waals surface area contributed by atoms with Crippen molar-refractivity contribution in [3.63, 3.8) is 0 Å². The van der Waals surface area contributed by atoms with Gasteiger partial charge in [-0.3, -0.25) is 19.5 Å². The number of piperidine rings is 1. The van der Waals surface area contributed by atoms with Gasteiger partial charge in [0.15, 0.2) is 0 Å². The maximum atomic E-state index is 13.6. The van der Waals surface area contributed by atoms with Gasteiger partial charge in [0.05, 0.1) is 34.7 Å². The number of carbonyl (C=O) groups excluding carboxylic acids is 3. The van der Waals surface area contributed by atoms with E-state index in [0.29, 0.717) is 53.6 Å². The molecule has 0 saturated carbocycles. The quantitative estimate of drug-likeness (QED) is 0.396. The first kappa shape index (κ1) is 28.6. The molecule has 0 spiro atoms. The molecule has 2 aliphatic heterocycles. The lowest BCUT2D eigenvalue weighted by molar-refractivity contribution is -0.122. The number of carbonyl (C=O) groups is 3. The fraction of sp³-hybridized carbons (Fsp3) is 0.429. The number of aromatic nitrogens is 3. The van der Waals surface area contributed by atoms with E-state index in [1.807, 2.05) is 12.1 Å². The number of likely N-dealkylation sites (tertiary alicyclic amines) is 1. The first-order valence-corrected chi connectivity index (χ1v) is 14.3. The summed E-state index contributed by atoms with van der Waals surface area (Å²) in [6.07, 6.45) is 2.11. The number of thioether (sulfide) groups is 1. The van der Waals surface area contributed by atoms with Gasteiger partial charge in [0.25, 0.3) is 0 Å². The van der Waals surface area contributed by atoms with Gasteiger partial charge in [-0.05, 0) is 57.9 Å². The molecule has 2 aliphatic rings. The zero-order valence-corrected chi connectivity index (χ0v) is 24.2. The topological polar surface area (TPSA) is 148 Å². The van der Waals surface area contributed by atoms with Crippen LogP contribution in [0.5, 0.6) is 5.88 Å². The van der Waals surface area contributed by atoms with Crippen LogP contribution in [0, 0.1) is 0 Å². The number of anilines is 2. The Labute approximate surface area is 242 Å². The minimum Gasteiger partial charge on any atom is -0.481 e. The molecule has 12 nitrogen and oxygen atoms in total. The molecule has 3 N–H and O–H groups in total. The Morgan fingerprint density at radius 2 is 1.98 bits per heavy atom. The third kappa shape index (κ3) is 6.85. The summed E-state index contributed by atoms with van der Waals surface area (Å²) in [5.74, 6) is 0.941. The van der Waals surface area contributed by atoms with Crippen molar-refractivity contribution in [3.05, 3.63) is 42.2 Å². The number of nitrogens with one attached hydrogen (secondary N) is 3. The van der Waals surface area contributed by atoms with E-state index < -0.39 is 17.7 Å². The largest absolute Gasteiger partial charge is 0.481 e. The molecule has 3 aromatic heterocycles. The van der Waals surface area contributed by atoms with Crippen LogP contribution in [0.25, 0.3) is 11.0 Å². The first-order valence-electron chi connectivity index (χ1n) is 13.4. The highest BCUT2D eigenvalue weighted by Crippen LogP contribution is 2.30. The lowest BCUT2D eigenvalue weighted by atomic mass is 9.97. The molecule has 1 fully saturated rings. The molecule has 0 radical (unpaired) electrons. The smallest absolute Gasteiger partial charge is 0.411 e. The second-order valence-corrected chi connectivity index (χ2v) is 11.9. The first-order chi connectivity index (χ1) is 19.6. The van der Waals surface area contributed by atoms with Gasteiger partial charge in [-0.1, -0.05) is 0 Å². The number of rotatable bonds is 6. The molecule has 1 saturated heterocycles. The zero-order chi connectivity index (χ0) is 29.1. The van der Waals surface area contributed by atoms with Gasteiger partial charge in [-0.15, -0.1) is 11.8 Å². The highest BCUT2D eigenvalue weighted by molar-refractivity contribution is 8.00. The molecular formula is C28H33N7O5S. The second-order valence-electron chi connectivity index (χ2n) is 10.9. The summed E-state index contributed by atoms with van der Waals surface area (Å²) in [6.45, 7) is 6.09. The van der Waals surface area contributed by atoms with Crippen LogP contribution in [0.2, 0.25) is 0 Å². The molecule has 41 heavy (non-hydrogen) atoms. The van der Waals surface area contributed by atoms with Gasteiger partial charge >= 0.3 is 6.09 Å². The average Bonchev–Trinajstić information content (AvgIpc) is 2.94. The molecule has 0 bridgehead atoms. The normalized spacial score (nSPS) is 18.8. The van der Waals surface area contributed by atoms with Crippen LogP contribution in [-0.4, -0.2) is 74.9 Å². The van der Waals surface area contributed by atoms with Crippen LogP contribution in [0.1, 0.15) is 39.3 Å². The molecule has 2 atom stereocenters. The zero-order valence-electron chi connectivity index (χ0n) is 23.4. The van der Waals surface area contributed by atoms with Gasteiger partial charge < -0.3 is 25.4 Å². The van der Waals surface area contributed by atoms with Crippen molar-refractivity contribution in [3.8, 4) is 5.88 Å². The maximum Gasteiger partial charge on any atom is 0.411 e. The summed E-state index contributed by atoms with van der Waals surface area (Å²) in [5.41, 5.74) is 1.62. The van der Waals surface area contributed by atoms with Crippen LogP contribution in [0.4, 0.5) is 16.3 Å². The van der Waals surface area contributed by atoms with Crippen LogP contribution in [0.3, 0.4) is 0 Å². The van der Waals surface area contributed by atoms with E-state index in [9.17, 15) is 14.4 Å². The molecule has 13 heteroatoms. The minimum absolute atomic E-state index is 0.0700. The number of nitrogens with zero attached hydrogens (tertiary/aromatic N) is 4. The molecule has 5 heterocycles. The Kier molecular flexibility index (Phi) is 8.27. The van der Waals surface area contributed by atoms with E-state index in [2.05, 4.69) is 30.9 Å². The summed E-state index contributed by atoms with van der Waals surface area (Å²) in [5, 5.41) is 9.21. The summed E-state index contributed by atoms with van der Waals surface area (Å²) < 4.78 is 10.9. The van der Waals surface area contributed by atoms with Gasteiger partial charge in [0, 0.05) is 31.4 Å². The number of hydrogen-bond donors (Lipinski definition) is 3. The van der Waals surface area contributed by atoms with Crippen LogP contribution in [-0.2, 0) is 20.9 Å². The predicted molar refractivity (Wildman–Crippen MR) is 155 cm³/mol. The fourth-order valence-electron chi connectivity index (χ4n) is 4.72. The highest BCUT2D eigenvalue weighted by atomic mass is 32.2. The summed E-state index contributed by atoms with van der Waals surface area (Å²) >= 11 is 1.46. The Morgan fingerprint density at radius 1 is 1.15 bits per heavy atom. The molecular weight excluding hydrogens is 546 g/mol. The molecule has 0 aromatic carbocycles. The average molecular weight is 580 g/mol. The van der Waals surface area contributed by atoms with Gasteiger partial charge in [-0.2, -0.15) is 0 Å². The van der Waals surface area contributed by atoms with Crippen molar-refractivity contribution in [2.75, 3.05) is 30.0 Å². The van der Waals surface area contributed by atoms with E-state index in [1.54, 1.807) is 45.2 Å². The Morgan fingerprint density at radius 3 is 2.76 bits per heavy atom. The van der Waals surface area contributed by atoms with Crippen LogP contribution >= 0.6 is 11.8 Å². The van der Waals surface area contributed by atoms with Crippen molar-refractivity contribution in [2.24, 2.45) is 0 Å². The number of amides is 3. The van der Waals surface area contributed by atoms with E-state index in [1.165, 1.54) is 23.8 Å². The SMILES string of the molecule is COc1ccc2nccc(NC(=O)[C@H]3CC[C@H](NCc4ccc5c(n4)NC(=O)CS5)CN3C(=O)OC(C)(C)C)c2n1. The number of methoxy groups -OCH3 is 1. The lowest BCUT2D eigenvalue weighted by Crippen LogP contribution is -2.57. The van der Waals surface area contributed by atoms with Crippen molar-refractivity contribution >= 4 is 52.2 Å². The van der Waals surface area contributed by atoms with Crippen molar-refractivity contribution in [1.29, 1.82) is 0 Å². The van der Waals surface area contributed by atoms with Crippen molar-refractivity contribution < 1.29 is 23.9 Å². The van der Waals surface area contributed by atoms with E-state index in [4.69, 9.17) is 9.47 Å². The third-order valence-corrected chi connectivity index (χ3v) is 7.69. The maximum absolute atomic E-state index is 13.6. The summed E-state index contributed by atoms with van der Waals surface area (Å²) in [7, 11) is 1.52. The standard InChI is InChI=1S/C28H33N7O5S/c1-28(2,3)40-27(38)35-14-17(30-13-16-6-9-21-25(31-16)33-22(36)15-41-21)5-8-20(35)26(37)32-19-11-12-29-18-7-10-23(39-4)34-24(18)19/h6-7,9-12,17,20,30H,5,8,13-15H2,1-4H3,(H,29,32,37)(H,31,33,36)/t17-,20+/m0/s1. The number of hydrogen-bond acceptors (Lipinski definition) is 10. The Balaban J connectivity index is 1.30. The van der Waals surface area contributed by atoms with Crippen molar-refractivity contribution in [1.82, 2.24) is 25.2 Å². The van der Waals surface area contributed by atoms with Gasteiger partial charge in [0.2, 0.25) is 17.7 Å².